The zero-order chi connectivity index (χ0) is 12.6. The summed E-state index contributed by atoms with van der Waals surface area (Å²) in [5, 5.41) is 3.69. The number of likely N-dealkylation sites (tertiary alicyclic amines) is 1. The van der Waals surface area contributed by atoms with Crippen molar-refractivity contribution in [2.45, 2.75) is 71.0 Å². The van der Waals surface area contributed by atoms with E-state index in [1.807, 2.05) is 0 Å². The van der Waals surface area contributed by atoms with Gasteiger partial charge in [-0.2, -0.15) is 0 Å². The quantitative estimate of drug-likeness (QED) is 0.759. The molecule has 1 saturated heterocycles. The van der Waals surface area contributed by atoms with Gasteiger partial charge in [-0.3, -0.25) is 4.79 Å². The molecule has 17 heavy (non-hydrogen) atoms. The van der Waals surface area contributed by atoms with E-state index in [1.165, 1.54) is 19.3 Å². The molecule has 0 aromatic heterocycles. The van der Waals surface area contributed by atoms with Crippen LogP contribution in [0.15, 0.2) is 0 Å². The summed E-state index contributed by atoms with van der Waals surface area (Å²) >= 11 is 0. The van der Waals surface area contributed by atoms with Gasteiger partial charge in [0.25, 0.3) is 0 Å². The first kappa shape index (κ1) is 12.9. The highest BCUT2D eigenvalue weighted by atomic mass is 16.2. The molecule has 1 N–H and O–H groups in total. The zero-order valence-corrected chi connectivity index (χ0v) is 11.6. The first-order valence-electron chi connectivity index (χ1n) is 6.92. The Labute approximate surface area is 105 Å². The van der Waals surface area contributed by atoms with E-state index < -0.39 is 0 Å². The van der Waals surface area contributed by atoms with Gasteiger partial charge in [-0.15, -0.1) is 0 Å². The molecule has 98 valence electrons. The van der Waals surface area contributed by atoms with E-state index >= 15 is 0 Å². The van der Waals surface area contributed by atoms with Crippen molar-refractivity contribution in [3.8, 4) is 0 Å². The van der Waals surface area contributed by atoms with Crippen molar-refractivity contribution in [2.24, 2.45) is 5.92 Å². The van der Waals surface area contributed by atoms with Crippen LogP contribution in [-0.2, 0) is 4.79 Å². The molecule has 1 heterocycles. The molecule has 1 amide bonds. The van der Waals surface area contributed by atoms with E-state index in [9.17, 15) is 4.79 Å². The van der Waals surface area contributed by atoms with Crippen molar-refractivity contribution in [3.63, 3.8) is 0 Å². The molecule has 3 atom stereocenters. The van der Waals surface area contributed by atoms with Crippen LogP contribution in [0.25, 0.3) is 0 Å². The van der Waals surface area contributed by atoms with Gasteiger partial charge >= 0.3 is 0 Å². The Morgan fingerprint density at radius 1 is 1.24 bits per heavy atom. The second-order valence-electron chi connectivity index (χ2n) is 6.73. The summed E-state index contributed by atoms with van der Waals surface area (Å²) in [7, 11) is 0. The second-order valence-corrected chi connectivity index (χ2v) is 6.73. The van der Waals surface area contributed by atoms with Crippen LogP contribution < -0.4 is 5.32 Å². The van der Waals surface area contributed by atoms with Gasteiger partial charge in [0.1, 0.15) is 0 Å². The van der Waals surface area contributed by atoms with Gasteiger partial charge in [-0.05, 0) is 52.4 Å². The molecule has 2 rings (SSSR count). The van der Waals surface area contributed by atoms with Gasteiger partial charge in [-0.1, -0.05) is 0 Å². The van der Waals surface area contributed by atoms with Crippen molar-refractivity contribution in [1.29, 1.82) is 0 Å². The number of amides is 1. The minimum Gasteiger partial charge on any atom is -0.340 e. The van der Waals surface area contributed by atoms with E-state index in [1.54, 1.807) is 6.92 Å². The van der Waals surface area contributed by atoms with E-state index in [4.69, 9.17) is 0 Å². The molecular formula is C14H26N2O. The lowest BCUT2D eigenvalue weighted by atomic mass is 9.81. The highest BCUT2D eigenvalue weighted by molar-refractivity contribution is 5.74. The van der Waals surface area contributed by atoms with Crippen molar-refractivity contribution in [1.82, 2.24) is 10.2 Å². The number of carbonyl (C=O) groups is 1. The summed E-state index contributed by atoms with van der Waals surface area (Å²) in [6, 6.07) is 1.08. The Hall–Kier alpha value is -0.570. The molecule has 0 bridgehead atoms. The first-order valence-corrected chi connectivity index (χ1v) is 6.92. The lowest BCUT2D eigenvalue weighted by Gasteiger charge is -2.39. The van der Waals surface area contributed by atoms with Crippen LogP contribution in [0.5, 0.6) is 0 Å². The Bertz CT molecular complexity index is 295. The lowest BCUT2D eigenvalue weighted by molar-refractivity contribution is -0.130. The van der Waals surface area contributed by atoms with Crippen molar-refractivity contribution in [2.75, 3.05) is 6.54 Å². The number of nitrogens with one attached hydrogen (secondary N) is 1. The molecule has 2 aliphatic rings. The number of hydrogen-bond donors (Lipinski definition) is 1. The molecule has 3 nitrogen and oxygen atoms in total. The van der Waals surface area contributed by atoms with Crippen LogP contribution in [-0.4, -0.2) is 35.0 Å². The summed E-state index contributed by atoms with van der Waals surface area (Å²) < 4.78 is 0. The smallest absolute Gasteiger partial charge is 0.219 e. The van der Waals surface area contributed by atoms with E-state index in [2.05, 4.69) is 31.0 Å². The highest BCUT2D eigenvalue weighted by Gasteiger charge is 2.40. The van der Waals surface area contributed by atoms with Crippen molar-refractivity contribution < 1.29 is 4.79 Å². The fraction of sp³-hybridized carbons (Fsp3) is 0.929. The van der Waals surface area contributed by atoms with E-state index in [0.29, 0.717) is 12.1 Å². The molecule has 1 aliphatic heterocycles. The lowest BCUT2D eigenvalue weighted by Crippen LogP contribution is -2.50. The molecule has 0 radical (unpaired) electrons. The minimum atomic E-state index is 0.178. The summed E-state index contributed by atoms with van der Waals surface area (Å²) in [4.78, 5) is 13.7. The summed E-state index contributed by atoms with van der Waals surface area (Å²) in [6.07, 6.45) is 4.90. The monoisotopic (exact) mass is 238 g/mol. The number of nitrogens with zero attached hydrogens (tertiary/aromatic N) is 1. The number of fused-ring (bicyclic) bond motifs is 1. The number of hydrogen-bond acceptors (Lipinski definition) is 2. The van der Waals surface area contributed by atoms with Gasteiger partial charge in [0.2, 0.25) is 5.91 Å². The largest absolute Gasteiger partial charge is 0.340 e. The average Bonchev–Trinajstić information content (AvgIpc) is 2.57. The second kappa shape index (κ2) is 4.60. The number of rotatable bonds is 1. The molecule has 0 aromatic carbocycles. The van der Waals surface area contributed by atoms with Gasteiger partial charge in [-0.25, -0.2) is 0 Å². The molecule has 1 saturated carbocycles. The number of carbonyl (C=O) groups excluding carboxylic acids is 1. The average molecular weight is 238 g/mol. The maximum atomic E-state index is 11.6. The highest BCUT2D eigenvalue weighted by Crippen LogP contribution is 2.36. The third-order valence-electron chi connectivity index (χ3n) is 4.14. The fourth-order valence-corrected chi connectivity index (χ4v) is 3.53. The van der Waals surface area contributed by atoms with E-state index in [0.717, 1.165) is 18.9 Å². The topological polar surface area (TPSA) is 32.3 Å². The standard InChI is InChI=1S/C14H26N2O/c1-10(17)16-8-7-11-5-6-12(9-13(11)16)15-14(2,3)4/h11-13,15H,5-9H2,1-4H3/t11-,12-,13-/m1/s1. The summed E-state index contributed by atoms with van der Waals surface area (Å²) in [6.45, 7) is 9.35. The predicted octanol–water partition coefficient (Wildman–Crippen LogP) is 2.16. The molecular weight excluding hydrogens is 212 g/mol. The molecule has 1 aliphatic carbocycles. The Morgan fingerprint density at radius 3 is 2.53 bits per heavy atom. The van der Waals surface area contributed by atoms with Crippen LogP contribution in [0.2, 0.25) is 0 Å². The first-order chi connectivity index (χ1) is 7.87. The molecule has 0 aromatic rings. The third-order valence-corrected chi connectivity index (χ3v) is 4.14. The maximum Gasteiger partial charge on any atom is 0.219 e. The van der Waals surface area contributed by atoms with Gasteiger partial charge < -0.3 is 10.2 Å². The minimum absolute atomic E-state index is 0.178. The molecule has 2 fully saturated rings. The fourth-order valence-electron chi connectivity index (χ4n) is 3.53. The Morgan fingerprint density at radius 2 is 1.94 bits per heavy atom. The van der Waals surface area contributed by atoms with Crippen LogP contribution in [0.4, 0.5) is 0 Å². The maximum absolute atomic E-state index is 11.6. The molecule has 0 spiro atoms. The van der Waals surface area contributed by atoms with Crippen LogP contribution in [0, 0.1) is 5.92 Å². The van der Waals surface area contributed by atoms with Crippen LogP contribution in [0.3, 0.4) is 0 Å². The molecule has 3 heteroatoms. The van der Waals surface area contributed by atoms with Crippen LogP contribution in [0.1, 0.15) is 53.4 Å². The van der Waals surface area contributed by atoms with Gasteiger partial charge in [0.15, 0.2) is 0 Å². The van der Waals surface area contributed by atoms with Crippen molar-refractivity contribution >= 4 is 5.91 Å². The van der Waals surface area contributed by atoms with Crippen molar-refractivity contribution in [3.05, 3.63) is 0 Å². The van der Waals surface area contributed by atoms with E-state index in [-0.39, 0.29) is 11.4 Å². The Balaban J connectivity index is 1.98. The summed E-state index contributed by atoms with van der Waals surface area (Å²) in [5.41, 5.74) is 0.178. The SMILES string of the molecule is CC(=O)N1CC[C@H]2CC[C@@H](NC(C)(C)C)C[C@H]21. The zero-order valence-electron chi connectivity index (χ0n) is 11.6. The normalized spacial score (nSPS) is 33.6. The van der Waals surface area contributed by atoms with Gasteiger partial charge in [0, 0.05) is 31.1 Å². The Kier molecular flexibility index (Phi) is 3.48. The van der Waals surface area contributed by atoms with Gasteiger partial charge in [0.05, 0.1) is 0 Å². The summed E-state index contributed by atoms with van der Waals surface area (Å²) in [5.74, 6) is 1.02. The molecule has 0 unspecified atom stereocenters. The predicted molar refractivity (Wildman–Crippen MR) is 69.8 cm³/mol. The van der Waals surface area contributed by atoms with Crippen LogP contribution >= 0.6 is 0 Å². The third kappa shape index (κ3) is 3.01.